The van der Waals surface area contributed by atoms with Crippen molar-refractivity contribution in [2.24, 2.45) is 0 Å². The standard InChI is InChI=1S/C25H23FN4O4/c26-18-3-1-2-4-20(18)29-25(33)28-19-8-6-15(19)17-13-14(5-9-21(17)31)34-22-11-12-27-24-16(22)7-10-23(32)30-24/h1-5,9,11-13,15,19,31H,6-8,10H2,(H,27,30,32)(H2,28,29,33)/t15-,19+/m0/s1. The summed E-state index contributed by atoms with van der Waals surface area (Å²) in [5.41, 5.74) is 1.59. The third-order valence-electron chi connectivity index (χ3n) is 6.21. The van der Waals surface area contributed by atoms with Crippen molar-refractivity contribution in [1.29, 1.82) is 0 Å². The summed E-state index contributed by atoms with van der Waals surface area (Å²) in [5.74, 6) is 1.03. The normalized spacial score (nSPS) is 18.8. The van der Waals surface area contributed by atoms with Gasteiger partial charge in [0.15, 0.2) is 0 Å². The highest BCUT2D eigenvalue weighted by Gasteiger charge is 2.35. The number of anilines is 2. The van der Waals surface area contributed by atoms with Gasteiger partial charge in [-0.05, 0) is 55.7 Å². The molecule has 0 bridgehead atoms. The minimum absolute atomic E-state index is 0.0772. The van der Waals surface area contributed by atoms with E-state index in [0.717, 1.165) is 18.4 Å². The lowest BCUT2D eigenvalue weighted by molar-refractivity contribution is -0.116. The fraction of sp³-hybridized carbons (Fsp3) is 0.240. The van der Waals surface area contributed by atoms with Crippen molar-refractivity contribution in [3.63, 3.8) is 0 Å². The van der Waals surface area contributed by atoms with Gasteiger partial charge in [0, 0.05) is 35.7 Å². The topological polar surface area (TPSA) is 113 Å². The summed E-state index contributed by atoms with van der Waals surface area (Å²) in [4.78, 5) is 28.2. The Hall–Kier alpha value is -4.14. The molecular weight excluding hydrogens is 439 g/mol. The van der Waals surface area contributed by atoms with Crippen LogP contribution in [0.25, 0.3) is 0 Å². The van der Waals surface area contributed by atoms with E-state index in [1.807, 2.05) is 0 Å². The number of nitrogens with zero attached hydrogens (tertiary/aromatic N) is 1. The highest BCUT2D eigenvalue weighted by atomic mass is 19.1. The molecule has 1 saturated carbocycles. The number of rotatable bonds is 5. The number of nitrogens with one attached hydrogen (secondary N) is 3. The van der Waals surface area contributed by atoms with E-state index in [-0.39, 0.29) is 29.3 Å². The van der Waals surface area contributed by atoms with Crippen molar-refractivity contribution < 1.29 is 23.8 Å². The van der Waals surface area contributed by atoms with Crippen molar-refractivity contribution >= 4 is 23.4 Å². The van der Waals surface area contributed by atoms with Crippen molar-refractivity contribution in [3.05, 3.63) is 71.7 Å². The number of hydrogen-bond acceptors (Lipinski definition) is 5. The Kier molecular flexibility index (Phi) is 5.75. The van der Waals surface area contributed by atoms with E-state index < -0.39 is 11.8 Å². The zero-order chi connectivity index (χ0) is 23.7. The van der Waals surface area contributed by atoms with Crippen LogP contribution in [0, 0.1) is 5.82 Å². The first-order valence-corrected chi connectivity index (χ1v) is 11.1. The predicted molar refractivity (Wildman–Crippen MR) is 124 cm³/mol. The molecule has 1 aliphatic heterocycles. The molecule has 2 atom stereocenters. The second-order valence-corrected chi connectivity index (χ2v) is 8.38. The molecule has 0 saturated heterocycles. The van der Waals surface area contributed by atoms with Gasteiger partial charge in [-0.25, -0.2) is 14.2 Å². The van der Waals surface area contributed by atoms with Gasteiger partial charge >= 0.3 is 6.03 Å². The SMILES string of the molecule is O=C1CCc2c(Oc3ccc(O)c([C@@H]4CC[C@H]4NC(=O)Nc4ccccc4F)c3)ccnc2N1. The average Bonchev–Trinajstić information content (AvgIpc) is 2.80. The summed E-state index contributed by atoms with van der Waals surface area (Å²) >= 11 is 0. The Morgan fingerprint density at radius 2 is 2.00 bits per heavy atom. The number of carbonyl (C=O) groups is 2. The lowest BCUT2D eigenvalue weighted by Crippen LogP contribution is -2.47. The van der Waals surface area contributed by atoms with Crippen LogP contribution in [0.4, 0.5) is 20.7 Å². The quantitative estimate of drug-likeness (QED) is 0.440. The highest BCUT2D eigenvalue weighted by molar-refractivity contribution is 5.93. The molecule has 1 aromatic heterocycles. The van der Waals surface area contributed by atoms with Crippen LogP contribution in [0.5, 0.6) is 17.2 Å². The zero-order valence-corrected chi connectivity index (χ0v) is 18.2. The van der Waals surface area contributed by atoms with Crippen molar-refractivity contribution in [2.75, 3.05) is 10.6 Å². The maximum absolute atomic E-state index is 13.8. The number of benzene rings is 2. The monoisotopic (exact) mass is 462 g/mol. The molecule has 1 aliphatic carbocycles. The summed E-state index contributed by atoms with van der Waals surface area (Å²) in [6.45, 7) is 0. The Balaban J connectivity index is 1.30. The molecule has 0 spiro atoms. The molecule has 34 heavy (non-hydrogen) atoms. The van der Waals surface area contributed by atoms with Crippen LogP contribution in [0.15, 0.2) is 54.7 Å². The number of carbonyl (C=O) groups excluding carboxylic acids is 2. The molecule has 9 heteroatoms. The number of fused-ring (bicyclic) bond motifs is 1. The molecule has 1 fully saturated rings. The second-order valence-electron chi connectivity index (χ2n) is 8.38. The predicted octanol–water partition coefficient (Wildman–Crippen LogP) is 4.67. The van der Waals surface area contributed by atoms with Gasteiger partial charge in [0.25, 0.3) is 0 Å². The van der Waals surface area contributed by atoms with E-state index in [2.05, 4.69) is 20.9 Å². The minimum Gasteiger partial charge on any atom is -0.508 e. The van der Waals surface area contributed by atoms with Crippen molar-refractivity contribution in [2.45, 2.75) is 37.6 Å². The summed E-state index contributed by atoms with van der Waals surface area (Å²) in [5, 5.41) is 18.6. The van der Waals surface area contributed by atoms with Gasteiger partial charge in [-0.2, -0.15) is 0 Å². The van der Waals surface area contributed by atoms with Gasteiger partial charge < -0.3 is 25.8 Å². The molecule has 2 heterocycles. The van der Waals surface area contributed by atoms with Gasteiger partial charge in [-0.1, -0.05) is 12.1 Å². The van der Waals surface area contributed by atoms with E-state index in [4.69, 9.17) is 4.74 Å². The number of phenols is 1. The number of hydrogen-bond donors (Lipinski definition) is 4. The van der Waals surface area contributed by atoms with E-state index in [0.29, 0.717) is 35.7 Å². The number of pyridine rings is 1. The Bertz CT molecular complexity index is 1270. The van der Waals surface area contributed by atoms with E-state index >= 15 is 0 Å². The Morgan fingerprint density at radius 1 is 1.15 bits per heavy atom. The van der Waals surface area contributed by atoms with Crippen LogP contribution in [0.3, 0.4) is 0 Å². The Morgan fingerprint density at radius 3 is 2.79 bits per heavy atom. The molecule has 8 nitrogen and oxygen atoms in total. The third-order valence-corrected chi connectivity index (χ3v) is 6.21. The van der Waals surface area contributed by atoms with Crippen LogP contribution in [0.1, 0.15) is 36.3 Å². The fourth-order valence-corrected chi connectivity index (χ4v) is 4.31. The van der Waals surface area contributed by atoms with Crippen LogP contribution in [0.2, 0.25) is 0 Å². The summed E-state index contributed by atoms with van der Waals surface area (Å²) in [6.07, 6.45) is 3.97. The summed E-state index contributed by atoms with van der Waals surface area (Å²) < 4.78 is 19.9. The van der Waals surface area contributed by atoms with Crippen LogP contribution >= 0.6 is 0 Å². The fourth-order valence-electron chi connectivity index (χ4n) is 4.31. The van der Waals surface area contributed by atoms with Gasteiger partial charge in [-0.15, -0.1) is 0 Å². The summed E-state index contributed by atoms with van der Waals surface area (Å²) in [7, 11) is 0. The van der Waals surface area contributed by atoms with E-state index in [9.17, 15) is 19.1 Å². The number of ether oxygens (including phenoxy) is 1. The van der Waals surface area contributed by atoms with Gasteiger partial charge in [0.05, 0.1) is 5.69 Å². The molecule has 0 radical (unpaired) electrons. The number of aromatic hydroxyl groups is 1. The second kappa shape index (κ2) is 9.01. The zero-order valence-electron chi connectivity index (χ0n) is 18.2. The average molecular weight is 462 g/mol. The van der Waals surface area contributed by atoms with E-state index in [1.54, 1.807) is 42.6 Å². The lowest BCUT2D eigenvalue weighted by atomic mass is 9.74. The first kappa shape index (κ1) is 21.7. The van der Waals surface area contributed by atoms with Crippen LogP contribution in [-0.4, -0.2) is 28.1 Å². The molecule has 3 aromatic rings. The third kappa shape index (κ3) is 4.36. The number of phenolic OH excluding ortho intramolecular Hbond substituents is 1. The van der Waals surface area contributed by atoms with Crippen LogP contribution in [-0.2, 0) is 11.2 Å². The maximum atomic E-state index is 13.8. The first-order valence-electron chi connectivity index (χ1n) is 11.1. The lowest BCUT2D eigenvalue weighted by Gasteiger charge is -2.37. The molecule has 3 amide bonds. The highest BCUT2D eigenvalue weighted by Crippen LogP contribution is 2.43. The first-order chi connectivity index (χ1) is 16.5. The van der Waals surface area contributed by atoms with Gasteiger partial charge in [0.1, 0.15) is 28.9 Å². The maximum Gasteiger partial charge on any atom is 0.319 e. The van der Waals surface area contributed by atoms with Gasteiger partial charge in [0.2, 0.25) is 5.91 Å². The largest absolute Gasteiger partial charge is 0.508 e. The van der Waals surface area contributed by atoms with Crippen molar-refractivity contribution in [1.82, 2.24) is 10.3 Å². The Labute approximate surface area is 195 Å². The molecule has 0 unspecified atom stereocenters. The smallest absolute Gasteiger partial charge is 0.319 e. The molecule has 2 aliphatic rings. The van der Waals surface area contributed by atoms with Crippen molar-refractivity contribution in [3.8, 4) is 17.2 Å². The number of urea groups is 1. The molecular formula is C25H23FN4O4. The van der Waals surface area contributed by atoms with Gasteiger partial charge in [-0.3, -0.25) is 4.79 Å². The molecule has 2 aromatic carbocycles. The number of halogens is 1. The molecule has 174 valence electrons. The molecule has 4 N–H and O–H groups in total. The van der Waals surface area contributed by atoms with Crippen LogP contribution < -0.4 is 20.7 Å². The number of amides is 3. The number of para-hydroxylation sites is 1. The summed E-state index contributed by atoms with van der Waals surface area (Å²) in [6, 6.07) is 12.0. The molecule has 5 rings (SSSR count). The minimum atomic E-state index is -0.511. The number of aromatic nitrogens is 1. The van der Waals surface area contributed by atoms with E-state index in [1.165, 1.54) is 12.1 Å².